The van der Waals surface area contributed by atoms with E-state index in [2.05, 4.69) is 45.1 Å². The van der Waals surface area contributed by atoms with Crippen LogP contribution >= 0.6 is 34.2 Å². The Morgan fingerprint density at radius 2 is 2.14 bits per heavy atom. The average molecular weight is 416 g/mol. The van der Waals surface area contributed by atoms with E-state index in [0.29, 0.717) is 16.4 Å². The molecule has 0 bridgehead atoms. The summed E-state index contributed by atoms with van der Waals surface area (Å²) in [6.07, 6.45) is 2.63. The Morgan fingerprint density at radius 3 is 2.86 bits per heavy atom. The van der Waals surface area contributed by atoms with E-state index in [1.54, 1.807) is 24.4 Å². The van der Waals surface area contributed by atoms with Crippen LogP contribution in [0.1, 0.15) is 23.8 Å². The highest BCUT2D eigenvalue weighted by Crippen LogP contribution is 2.24. The number of nitrogens with zero attached hydrogens (tertiary/aromatic N) is 1. The molecule has 6 heteroatoms. The van der Waals surface area contributed by atoms with Gasteiger partial charge in [0.15, 0.2) is 0 Å². The quantitative estimate of drug-likeness (QED) is 0.711. The number of anilines is 2. The first-order valence-electron chi connectivity index (χ1n) is 6.56. The standard InChI is InChI=1S/C15H15ClIN3O/c1-2-6-18-11-5-7-19-14(9-11)15(21)20-13-4-3-10(17)8-12(13)16/h3-5,7-9H,2,6H2,1H3,(H,18,19)(H,20,21). The molecule has 1 heterocycles. The van der Waals surface area contributed by atoms with Crippen molar-refractivity contribution >= 4 is 51.5 Å². The summed E-state index contributed by atoms with van der Waals surface area (Å²) in [5.41, 5.74) is 1.81. The van der Waals surface area contributed by atoms with Gasteiger partial charge in [0.05, 0.1) is 10.7 Å². The van der Waals surface area contributed by atoms with Crippen LogP contribution in [-0.4, -0.2) is 17.4 Å². The van der Waals surface area contributed by atoms with Crippen LogP contribution in [0.3, 0.4) is 0 Å². The van der Waals surface area contributed by atoms with Crippen molar-refractivity contribution in [3.05, 3.63) is 50.8 Å². The molecule has 0 fully saturated rings. The van der Waals surface area contributed by atoms with E-state index in [9.17, 15) is 4.79 Å². The van der Waals surface area contributed by atoms with E-state index in [1.807, 2.05) is 12.1 Å². The summed E-state index contributed by atoms with van der Waals surface area (Å²) < 4.78 is 1.01. The molecule has 0 aliphatic heterocycles. The number of hydrogen-bond donors (Lipinski definition) is 2. The van der Waals surface area contributed by atoms with E-state index >= 15 is 0 Å². The minimum absolute atomic E-state index is 0.279. The van der Waals surface area contributed by atoms with Gasteiger partial charge in [-0.1, -0.05) is 18.5 Å². The monoisotopic (exact) mass is 415 g/mol. The largest absolute Gasteiger partial charge is 0.385 e. The number of hydrogen-bond acceptors (Lipinski definition) is 3. The summed E-state index contributed by atoms with van der Waals surface area (Å²) in [6.45, 7) is 2.94. The molecule has 21 heavy (non-hydrogen) atoms. The summed E-state index contributed by atoms with van der Waals surface area (Å²) >= 11 is 8.28. The first-order valence-corrected chi connectivity index (χ1v) is 8.02. The summed E-state index contributed by atoms with van der Waals surface area (Å²) in [6, 6.07) is 9.02. The molecule has 1 aromatic carbocycles. The molecule has 0 unspecified atom stereocenters. The van der Waals surface area contributed by atoms with Gasteiger partial charge in [-0.2, -0.15) is 0 Å². The summed E-state index contributed by atoms with van der Waals surface area (Å²) in [5, 5.41) is 6.51. The normalized spacial score (nSPS) is 10.2. The number of rotatable bonds is 5. The Hall–Kier alpha value is -1.34. The van der Waals surface area contributed by atoms with Gasteiger partial charge in [-0.05, 0) is 59.3 Å². The van der Waals surface area contributed by atoms with Crippen LogP contribution in [0.5, 0.6) is 0 Å². The number of benzene rings is 1. The molecule has 2 rings (SSSR count). The molecule has 0 spiro atoms. The molecule has 0 saturated carbocycles. The van der Waals surface area contributed by atoms with Crippen LogP contribution < -0.4 is 10.6 Å². The molecular weight excluding hydrogens is 401 g/mol. The fraction of sp³-hybridized carbons (Fsp3) is 0.200. The van der Waals surface area contributed by atoms with E-state index in [0.717, 1.165) is 22.2 Å². The van der Waals surface area contributed by atoms with Gasteiger partial charge >= 0.3 is 0 Å². The first-order chi connectivity index (χ1) is 10.1. The number of carbonyl (C=O) groups excluding carboxylic acids is 1. The van der Waals surface area contributed by atoms with E-state index in [1.165, 1.54) is 0 Å². The van der Waals surface area contributed by atoms with E-state index in [-0.39, 0.29) is 5.91 Å². The number of halogens is 2. The molecule has 0 aliphatic carbocycles. The van der Waals surface area contributed by atoms with Gasteiger partial charge in [0.1, 0.15) is 5.69 Å². The van der Waals surface area contributed by atoms with Gasteiger partial charge in [0.25, 0.3) is 5.91 Å². The molecular formula is C15H15ClIN3O. The van der Waals surface area contributed by atoms with Gasteiger partial charge in [-0.15, -0.1) is 0 Å². The molecule has 2 N–H and O–H groups in total. The molecule has 0 saturated heterocycles. The smallest absolute Gasteiger partial charge is 0.274 e. The second-order valence-corrected chi connectivity index (χ2v) is 6.09. The fourth-order valence-corrected chi connectivity index (χ4v) is 2.61. The molecule has 0 radical (unpaired) electrons. The van der Waals surface area contributed by atoms with Gasteiger partial charge < -0.3 is 10.6 Å². The third-order valence-electron chi connectivity index (χ3n) is 2.75. The zero-order valence-electron chi connectivity index (χ0n) is 11.5. The zero-order chi connectivity index (χ0) is 15.2. The van der Waals surface area contributed by atoms with Gasteiger partial charge in [-0.3, -0.25) is 9.78 Å². The maximum Gasteiger partial charge on any atom is 0.274 e. The molecule has 110 valence electrons. The van der Waals surface area contributed by atoms with Crippen LogP contribution in [0.2, 0.25) is 5.02 Å². The number of amides is 1. The number of carbonyl (C=O) groups is 1. The second-order valence-electron chi connectivity index (χ2n) is 4.43. The van der Waals surface area contributed by atoms with Crippen molar-refractivity contribution in [3.63, 3.8) is 0 Å². The van der Waals surface area contributed by atoms with E-state index < -0.39 is 0 Å². The van der Waals surface area contributed by atoms with Crippen LogP contribution in [0.4, 0.5) is 11.4 Å². The van der Waals surface area contributed by atoms with Crippen molar-refractivity contribution in [1.82, 2.24) is 4.98 Å². The van der Waals surface area contributed by atoms with Crippen molar-refractivity contribution in [2.24, 2.45) is 0 Å². The summed E-state index contributed by atoms with van der Waals surface area (Å²) in [4.78, 5) is 16.3. The summed E-state index contributed by atoms with van der Waals surface area (Å²) in [5.74, 6) is -0.279. The Morgan fingerprint density at radius 1 is 1.33 bits per heavy atom. The highest BCUT2D eigenvalue weighted by atomic mass is 127. The Labute approximate surface area is 142 Å². The van der Waals surface area contributed by atoms with Crippen LogP contribution in [0.25, 0.3) is 0 Å². The third-order valence-corrected chi connectivity index (χ3v) is 3.73. The van der Waals surface area contributed by atoms with Crippen molar-refractivity contribution in [2.75, 3.05) is 17.2 Å². The highest BCUT2D eigenvalue weighted by Gasteiger charge is 2.10. The van der Waals surface area contributed by atoms with Crippen molar-refractivity contribution in [2.45, 2.75) is 13.3 Å². The maximum atomic E-state index is 12.2. The van der Waals surface area contributed by atoms with Crippen LogP contribution in [0, 0.1) is 3.57 Å². The maximum absolute atomic E-state index is 12.2. The molecule has 1 amide bonds. The van der Waals surface area contributed by atoms with Gasteiger partial charge in [-0.25, -0.2) is 0 Å². The Bertz CT molecular complexity index is 649. The Balaban J connectivity index is 2.12. The minimum Gasteiger partial charge on any atom is -0.385 e. The minimum atomic E-state index is -0.279. The second kappa shape index (κ2) is 7.61. The lowest BCUT2D eigenvalue weighted by atomic mass is 10.2. The predicted molar refractivity (Wildman–Crippen MR) is 95.1 cm³/mol. The average Bonchev–Trinajstić information content (AvgIpc) is 2.48. The van der Waals surface area contributed by atoms with Gasteiger partial charge in [0.2, 0.25) is 0 Å². The third kappa shape index (κ3) is 4.57. The fourth-order valence-electron chi connectivity index (χ4n) is 1.71. The van der Waals surface area contributed by atoms with Crippen molar-refractivity contribution < 1.29 is 4.79 Å². The number of aromatic nitrogens is 1. The lowest BCUT2D eigenvalue weighted by Crippen LogP contribution is -2.14. The number of nitrogens with one attached hydrogen (secondary N) is 2. The van der Waals surface area contributed by atoms with Crippen LogP contribution in [-0.2, 0) is 0 Å². The highest BCUT2D eigenvalue weighted by molar-refractivity contribution is 14.1. The molecule has 4 nitrogen and oxygen atoms in total. The SMILES string of the molecule is CCCNc1ccnc(C(=O)Nc2ccc(I)cc2Cl)c1. The van der Waals surface area contributed by atoms with Crippen molar-refractivity contribution in [1.29, 1.82) is 0 Å². The molecule has 2 aromatic rings. The van der Waals surface area contributed by atoms with Crippen LogP contribution in [0.15, 0.2) is 36.5 Å². The number of pyridine rings is 1. The summed E-state index contributed by atoms with van der Waals surface area (Å²) in [7, 11) is 0. The van der Waals surface area contributed by atoms with Crippen molar-refractivity contribution in [3.8, 4) is 0 Å². The Kier molecular flexibility index (Phi) is 5.81. The molecule has 1 aromatic heterocycles. The lowest BCUT2D eigenvalue weighted by molar-refractivity contribution is 0.102. The molecule has 0 atom stereocenters. The van der Waals surface area contributed by atoms with E-state index in [4.69, 9.17) is 11.6 Å². The lowest BCUT2D eigenvalue weighted by Gasteiger charge is -2.09. The zero-order valence-corrected chi connectivity index (χ0v) is 14.4. The topological polar surface area (TPSA) is 54.0 Å². The van der Waals surface area contributed by atoms with Gasteiger partial charge in [0, 0.05) is 22.0 Å². The first kappa shape index (κ1) is 16.0. The molecule has 0 aliphatic rings. The predicted octanol–water partition coefficient (Wildman–Crippen LogP) is 4.41.